The number of amides is 1. The van der Waals surface area contributed by atoms with Crippen LogP contribution in [0.25, 0.3) is 16.2 Å². The van der Waals surface area contributed by atoms with E-state index in [1.54, 1.807) is 12.1 Å². The predicted octanol–water partition coefficient (Wildman–Crippen LogP) is 3.84. The summed E-state index contributed by atoms with van der Waals surface area (Å²) in [6.07, 6.45) is 4.03. The van der Waals surface area contributed by atoms with Gasteiger partial charge in [0.1, 0.15) is 11.5 Å². The molecule has 1 saturated heterocycles. The topological polar surface area (TPSA) is 46.8 Å². The SMILES string of the molecule is CCN(C[C@@H]1CCCO1)C(=O)c1csc2nc(-c3ccc(F)cc3)cn12. The Hall–Kier alpha value is -2.25. The number of carbonyl (C=O) groups is 1. The van der Waals surface area contributed by atoms with Gasteiger partial charge < -0.3 is 9.64 Å². The maximum atomic E-state index is 13.1. The van der Waals surface area contributed by atoms with Crippen molar-refractivity contribution in [1.29, 1.82) is 0 Å². The molecule has 1 atom stereocenters. The van der Waals surface area contributed by atoms with Crippen molar-refractivity contribution >= 4 is 22.2 Å². The zero-order valence-electron chi connectivity index (χ0n) is 14.5. The fourth-order valence-corrected chi connectivity index (χ4v) is 4.10. The molecule has 4 rings (SSSR count). The van der Waals surface area contributed by atoms with Gasteiger partial charge in [-0.25, -0.2) is 9.37 Å². The molecule has 1 aromatic carbocycles. The Bertz CT molecular complexity index is 913. The molecular formula is C19H20FN3O2S. The number of rotatable bonds is 5. The van der Waals surface area contributed by atoms with E-state index < -0.39 is 0 Å². The fraction of sp³-hybridized carbons (Fsp3) is 0.368. The number of thiazole rings is 1. The average Bonchev–Trinajstić information content (AvgIpc) is 3.36. The van der Waals surface area contributed by atoms with E-state index in [1.807, 2.05) is 27.8 Å². The Morgan fingerprint density at radius 1 is 1.42 bits per heavy atom. The van der Waals surface area contributed by atoms with Crippen LogP contribution in [0.5, 0.6) is 0 Å². The Balaban J connectivity index is 1.61. The zero-order valence-corrected chi connectivity index (χ0v) is 15.3. The van der Waals surface area contributed by atoms with Gasteiger partial charge in [-0.1, -0.05) is 0 Å². The summed E-state index contributed by atoms with van der Waals surface area (Å²) >= 11 is 1.43. The van der Waals surface area contributed by atoms with E-state index in [1.165, 1.54) is 23.5 Å². The van der Waals surface area contributed by atoms with Crippen LogP contribution in [0.15, 0.2) is 35.8 Å². The highest BCUT2D eigenvalue weighted by molar-refractivity contribution is 7.15. The van der Waals surface area contributed by atoms with Crippen molar-refractivity contribution in [1.82, 2.24) is 14.3 Å². The van der Waals surface area contributed by atoms with E-state index in [0.717, 1.165) is 35.7 Å². The second-order valence-corrected chi connectivity index (χ2v) is 7.22. The van der Waals surface area contributed by atoms with Crippen LogP contribution in [-0.4, -0.2) is 46.0 Å². The predicted molar refractivity (Wildman–Crippen MR) is 99.0 cm³/mol. The van der Waals surface area contributed by atoms with E-state index in [9.17, 15) is 9.18 Å². The van der Waals surface area contributed by atoms with Crippen molar-refractivity contribution in [2.75, 3.05) is 19.7 Å². The number of hydrogen-bond donors (Lipinski definition) is 0. The van der Waals surface area contributed by atoms with Crippen LogP contribution in [0.2, 0.25) is 0 Å². The van der Waals surface area contributed by atoms with Gasteiger partial charge in [0.25, 0.3) is 5.91 Å². The van der Waals surface area contributed by atoms with Gasteiger partial charge in [0, 0.05) is 36.8 Å². The summed E-state index contributed by atoms with van der Waals surface area (Å²) in [5, 5.41) is 1.84. The molecule has 0 spiro atoms. The first-order valence-corrected chi connectivity index (χ1v) is 9.67. The molecule has 26 heavy (non-hydrogen) atoms. The Kier molecular flexibility index (Phi) is 4.74. The Morgan fingerprint density at radius 2 is 2.23 bits per heavy atom. The minimum absolute atomic E-state index is 0.0164. The van der Waals surface area contributed by atoms with E-state index in [0.29, 0.717) is 18.8 Å². The lowest BCUT2D eigenvalue weighted by molar-refractivity contribution is 0.0534. The number of imidazole rings is 1. The van der Waals surface area contributed by atoms with Crippen molar-refractivity contribution < 1.29 is 13.9 Å². The van der Waals surface area contributed by atoms with Crippen molar-refractivity contribution in [3.05, 3.63) is 47.4 Å². The van der Waals surface area contributed by atoms with Crippen LogP contribution in [0.3, 0.4) is 0 Å². The molecule has 1 aliphatic rings. The van der Waals surface area contributed by atoms with Gasteiger partial charge in [0.05, 0.1) is 11.8 Å². The third-order valence-electron chi connectivity index (χ3n) is 4.69. The molecule has 0 N–H and O–H groups in total. The van der Waals surface area contributed by atoms with Crippen LogP contribution in [0.4, 0.5) is 4.39 Å². The molecule has 3 heterocycles. The van der Waals surface area contributed by atoms with Gasteiger partial charge in [-0.2, -0.15) is 0 Å². The summed E-state index contributed by atoms with van der Waals surface area (Å²) in [6, 6.07) is 6.21. The van der Waals surface area contributed by atoms with Crippen molar-refractivity contribution in [2.24, 2.45) is 0 Å². The lowest BCUT2D eigenvalue weighted by Crippen LogP contribution is -2.37. The van der Waals surface area contributed by atoms with Crippen LogP contribution in [0, 0.1) is 5.82 Å². The molecule has 5 nitrogen and oxygen atoms in total. The minimum Gasteiger partial charge on any atom is -0.376 e. The molecule has 3 aromatic rings. The highest BCUT2D eigenvalue weighted by Crippen LogP contribution is 2.25. The largest absolute Gasteiger partial charge is 0.376 e. The second-order valence-electron chi connectivity index (χ2n) is 6.39. The maximum absolute atomic E-state index is 13.1. The van der Waals surface area contributed by atoms with Crippen LogP contribution in [0.1, 0.15) is 30.3 Å². The average molecular weight is 373 g/mol. The molecular weight excluding hydrogens is 353 g/mol. The molecule has 1 amide bonds. The maximum Gasteiger partial charge on any atom is 0.271 e. The summed E-state index contributed by atoms with van der Waals surface area (Å²) < 4.78 is 20.6. The number of ether oxygens (including phenoxy) is 1. The zero-order chi connectivity index (χ0) is 18.1. The summed E-state index contributed by atoms with van der Waals surface area (Å²) in [6.45, 7) is 4.01. The van der Waals surface area contributed by atoms with Gasteiger partial charge in [-0.3, -0.25) is 9.20 Å². The lowest BCUT2D eigenvalue weighted by Gasteiger charge is -2.23. The van der Waals surface area contributed by atoms with Gasteiger partial charge >= 0.3 is 0 Å². The number of fused-ring (bicyclic) bond motifs is 1. The summed E-state index contributed by atoms with van der Waals surface area (Å²) in [5.41, 5.74) is 2.16. The van der Waals surface area contributed by atoms with Crippen molar-refractivity contribution in [3.8, 4) is 11.3 Å². The standard InChI is InChI=1S/C19H20FN3O2S/c1-2-22(10-15-4-3-9-25-15)18(24)17-12-26-19-21-16(11-23(17)19)13-5-7-14(20)8-6-13/h5-8,11-12,15H,2-4,9-10H2,1H3/t15-/m0/s1. The highest BCUT2D eigenvalue weighted by Gasteiger charge is 2.24. The third kappa shape index (κ3) is 3.24. The molecule has 0 unspecified atom stereocenters. The Labute approximate surface area is 155 Å². The number of benzene rings is 1. The fourth-order valence-electron chi connectivity index (χ4n) is 3.25. The third-order valence-corrected chi connectivity index (χ3v) is 5.53. The number of likely N-dealkylation sites (N-methyl/N-ethyl adjacent to an activating group) is 1. The first-order chi connectivity index (χ1) is 12.7. The lowest BCUT2D eigenvalue weighted by atomic mass is 10.2. The van der Waals surface area contributed by atoms with E-state index in [4.69, 9.17) is 4.74 Å². The van der Waals surface area contributed by atoms with E-state index in [2.05, 4.69) is 4.98 Å². The van der Waals surface area contributed by atoms with Gasteiger partial charge in [0.15, 0.2) is 4.96 Å². The molecule has 2 aromatic heterocycles. The summed E-state index contributed by atoms with van der Waals surface area (Å²) in [5.74, 6) is -0.296. The quantitative estimate of drug-likeness (QED) is 0.683. The number of halogens is 1. The number of carbonyl (C=O) groups excluding carboxylic acids is 1. The highest BCUT2D eigenvalue weighted by atomic mass is 32.1. The normalized spacial score (nSPS) is 17.1. The molecule has 136 valence electrons. The molecule has 0 radical (unpaired) electrons. The van der Waals surface area contributed by atoms with Crippen LogP contribution < -0.4 is 0 Å². The Morgan fingerprint density at radius 3 is 2.92 bits per heavy atom. The van der Waals surface area contributed by atoms with Gasteiger partial charge in [0.2, 0.25) is 0 Å². The smallest absolute Gasteiger partial charge is 0.271 e. The van der Waals surface area contributed by atoms with Gasteiger partial charge in [-0.05, 0) is 44.0 Å². The minimum atomic E-state index is -0.279. The monoisotopic (exact) mass is 373 g/mol. The second kappa shape index (κ2) is 7.17. The molecule has 7 heteroatoms. The first-order valence-electron chi connectivity index (χ1n) is 8.79. The number of hydrogen-bond acceptors (Lipinski definition) is 4. The van der Waals surface area contributed by atoms with Crippen molar-refractivity contribution in [2.45, 2.75) is 25.9 Å². The molecule has 1 aliphatic heterocycles. The summed E-state index contributed by atoms with van der Waals surface area (Å²) in [4.78, 5) is 20.2. The number of nitrogens with zero attached hydrogens (tertiary/aromatic N) is 3. The van der Waals surface area contributed by atoms with Gasteiger partial charge in [-0.15, -0.1) is 11.3 Å². The van der Waals surface area contributed by atoms with Crippen molar-refractivity contribution in [3.63, 3.8) is 0 Å². The van der Waals surface area contributed by atoms with E-state index in [-0.39, 0.29) is 17.8 Å². The molecule has 1 fully saturated rings. The molecule has 0 aliphatic carbocycles. The summed E-state index contributed by atoms with van der Waals surface area (Å²) in [7, 11) is 0. The molecule has 0 saturated carbocycles. The first kappa shape index (κ1) is 17.2. The van der Waals surface area contributed by atoms with Crippen LogP contribution in [-0.2, 0) is 4.74 Å². The van der Waals surface area contributed by atoms with E-state index >= 15 is 0 Å². The molecule has 0 bridgehead atoms. The van der Waals surface area contributed by atoms with Crippen LogP contribution >= 0.6 is 11.3 Å². The number of aromatic nitrogens is 2.